The number of aryl methyl sites for hydroxylation is 1. The molecule has 27 heavy (non-hydrogen) atoms. The minimum absolute atomic E-state index is 0. The molecule has 0 atom stereocenters. The number of hydrogen-bond donors (Lipinski definition) is 2. The fraction of sp³-hybridized carbons (Fsp3) is 0.400. The molecule has 136 valence electrons. The molecule has 0 saturated heterocycles. The van der Waals surface area contributed by atoms with Crippen LogP contribution in [0.15, 0.2) is 24.3 Å². The molecule has 3 N–H and O–H groups in total. The molecule has 0 fully saturated rings. The van der Waals surface area contributed by atoms with Crippen LogP contribution in [0, 0.1) is 30.1 Å². The number of nitrogens with two attached hydrogens (primary N) is 1. The topological polar surface area (TPSA) is 111 Å². The molecule has 0 saturated carbocycles. The van der Waals surface area contributed by atoms with E-state index in [9.17, 15) is 0 Å². The minimum atomic E-state index is 0. The molecule has 0 unspecified atom stereocenters. The number of anilines is 2. The van der Waals surface area contributed by atoms with Gasteiger partial charge in [0.05, 0.1) is 12.5 Å². The van der Waals surface area contributed by atoms with E-state index in [1.54, 1.807) is 0 Å². The maximum Gasteiger partial charge on any atom is 1.00 e. The maximum atomic E-state index is 8.76. The van der Waals surface area contributed by atoms with Gasteiger partial charge in [0.15, 0.2) is 0 Å². The molecular formula is C20H25KN6. The molecule has 2 rings (SSSR count). The van der Waals surface area contributed by atoms with Gasteiger partial charge in [0.2, 0.25) is 5.95 Å². The Morgan fingerprint density at radius 2 is 1.74 bits per heavy atom. The molecule has 1 aromatic heterocycles. The molecule has 1 heterocycles. The first-order chi connectivity index (χ1) is 12.6. The standard InChI is InChI=1S/C19H25N5.CN.K/c1-3-4-5-12-22-18-17(14(2)23-19(21)24-18)13-16-8-6-15(7-9-16)10-11-20;1-2;/h6-9H,3-5,10,12-13H2,1-2H3,(H3,21,22,23,24);;/q;-1;+1. The van der Waals surface area contributed by atoms with Crippen LogP contribution in [-0.2, 0) is 12.8 Å². The number of nitrogens with zero attached hydrogens (tertiary/aromatic N) is 4. The van der Waals surface area contributed by atoms with E-state index in [-0.39, 0.29) is 51.4 Å². The van der Waals surface area contributed by atoms with Crippen molar-refractivity contribution in [2.75, 3.05) is 17.6 Å². The summed E-state index contributed by atoms with van der Waals surface area (Å²) >= 11 is 0. The number of rotatable bonds is 8. The van der Waals surface area contributed by atoms with Crippen LogP contribution in [0.5, 0.6) is 0 Å². The summed E-state index contributed by atoms with van der Waals surface area (Å²) in [5.74, 6) is 1.14. The second-order valence-electron chi connectivity index (χ2n) is 5.96. The fourth-order valence-electron chi connectivity index (χ4n) is 2.63. The van der Waals surface area contributed by atoms with E-state index in [2.05, 4.69) is 40.4 Å². The number of hydrogen-bond acceptors (Lipinski definition) is 6. The van der Waals surface area contributed by atoms with Gasteiger partial charge in [-0.1, -0.05) is 44.0 Å². The van der Waals surface area contributed by atoms with E-state index in [0.29, 0.717) is 12.4 Å². The zero-order valence-electron chi connectivity index (χ0n) is 16.4. The van der Waals surface area contributed by atoms with Crippen LogP contribution >= 0.6 is 0 Å². The second kappa shape index (κ2) is 14.6. The van der Waals surface area contributed by atoms with Gasteiger partial charge in [0, 0.05) is 24.2 Å². The summed E-state index contributed by atoms with van der Waals surface area (Å²) in [5.41, 5.74) is 10.00. The van der Waals surface area contributed by atoms with E-state index >= 15 is 0 Å². The average molecular weight is 389 g/mol. The molecule has 2 aromatic rings. The van der Waals surface area contributed by atoms with E-state index in [0.717, 1.165) is 42.0 Å². The van der Waals surface area contributed by atoms with E-state index in [4.69, 9.17) is 22.8 Å². The third-order valence-corrected chi connectivity index (χ3v) is 3.99. The fourth-order valence-corrected chi connectivity index (χ4v) is 2.63. The largest absolute Gasteiger partial charge is 1.00 e. The summed E-state index contributed by atoms with van der Waals surface area (Å²) in [6.07, 6.45) is 4.68. The van der Waals surface area contributed by atoms with Crippen molar-refractivity contribution in [2.24, 2.45) is 0 Å². The van der Waals surface area contributed by atoms with Crippen LogP contribution in [-0.4, -0.2) is 16.5 Å². The third-order valence-electron chi connectivity index (χ3n) is 3.99. The quantitative estimate of drug-likeness (QED) is 0.392. The molecule has 0 aliphatic rings. The van der Waals surface area contributed by atoms with Crippen LogP contribution < -0.4 is 62.4 Å². The second-order valence-corrected chi connectivity index (χ2v) is 5.96. The van der Waals surface area contributed by atoms with Crippen molar-refractivity contribution in [2.45, 2.75) is 46.0 Å². The Morgan fingerprint density at radius 3 is 2.33 bits per heavy atom. The summed E-state index contributed by atoms with van der Waals surface area (Å²) in [6.45, 7) is 9.79. The molecule has 7 heteroatoms. The molecule has 0 aliphatic heterocycles. The monoisotopic (exact) mass is 388 g/mol. The molecule has 0 spiro atoms. The first-order valence-corrected chi connectivity index (χ1v) is 8.68. The summed E-state index contributed by atoms with van der Waals surface area (Å²) in [4.78, 5) is 8.69. The summed E-state index contributed by atoms with van der Waals surface area (Å²) in [7, 11) is 0. The number of nitriles is 1. The number of nitrogen functional groups attached to an aromatic ring is 1. The van der Waals surface area contributed by atoms with Gasteiger partial charge >= 0.3 is 51.4 Å². The van der Waals surface area contributed by atoms with Crippen LogP contribution in [0.1, 0.15) is 48.6 Å². The number of unbranched alkanes of at least 4 members (excludes halogenated alkanes) is 2. The first-order valence-electron chi connectivity index (χ1n) is 8.68. The molecule has 0 amide bonds. The molecule has 6 nitrogen and oxygen atoms in total. The third kappa shape index (κ3) is 8.83. The number of benzene rings is 1. The zero-order valence-corrected chi connectivity index (χ0v) is 19.5. The van der Waals surface area contributed by atoms with Gasteiger partial charge in [-0.05, 0) is 24.5 Å². The molecule has 0 aliphatic carbocycles. The number of nitrogens with one attached hydrogen (secondary N) is 1. The van der Waals surface area contributed by atoms with Crippen molar-refractivity contribution in [1.29, 1.82) is 10.5 Å². The summed E-state index contributed by atoms with van der Waals surface area (Å²) < 4.78 is 0. The van der Waals surface area contributed by atoms with Gasteiger partial charge in [-0.2, -0.15) is 10.2 Å². The molecular weight excluding hydrogens is 363 g/mol. The minimum Gasteiger partial charge on any atom is -0.512 e. The van der Waals surface area contributed by atoms with Gasteiger partial charge in [0.25, 0.3) is 0 Å². The predicted molar refractivity (Wildman–Crippen MR) is 103 cm³/mol. The first kappa shape index (κ1) is 25.5. The smallest absolute Gasteiger partial charge is 0.512 e. The van der Waals surface area contributed by atoms with Crippen molar-refractivity contribution < 1.29 is 51.4 Å². The van der Waals surface area contributed by atoms with Crippen molar-refractivity contribution in [3.05, 3.63) is 53.2 Å². The maximum absolute atomic E-state index is 8.76. The SMILES string of the molecule is CCCCCNc1nc(N)nc(C)c1Cc1ccc(CC#N)cc1.[C-]#N.[K+]. The van der Waals surface area contributed by atoms with Gasteiger partial charge in [-0.3, -0.25) is 0 Å². The Hall–Kier alpha value is -1.48. The van der Waals surface area contributed by atoms with Gasteiger partial charge in [-0.25, -0.2) is 4.98 Å². The van der Waals surface area contributed by atoms with Crippen molar-refractivity contribution in [3.8, 4) is 6.07 Å². The Bertz CT molecular complexity index is 750. The molecule has 0 radical (unpaired) electrons. The van der Waals surface area contributed by atoms with Crippen LogP contribution in [0.4, 0.5) is 11.8 Å². The van der Waals surface area contributed by atoms with Crippen molar-refractivity contribution >= 4 is 11.8 Å². The van der Waals surface area contributed by atoms with Crippen molar-refractivity contribution in [1.82, 2.24) is 9.97 Å². The molecule has 0 bridgehead atoms. The molecule has 1 aromatic carbocycles. The van der Waals surface area contributed by atoms with E-state index in [1.807, 2.05) is 19.1 Å². The van der Waals surface area contributed by atoms with Gasteiger partial charge in [-0.15, -0.1) is 0 Å². The average Bonchev–Trinajstić information content (AvgIpc) is 2.65. The Morgan fingerprint density at radius 1 is 1.11 bits per heavy atom. The van der Waals surface area contributed by atoms with Crippen LogP contribution in [0.2, 0.25) is 0 Å². The van der Waals surface area contributed by atoms with E-state index < -0.39 is 0 Å². The van der Waals surface area contributed by atoms with Crippen LogP contribution in [0.25, 0.3) is 0 Å². The summed E-state index contributed by atoms with van der Waals surface area (Å²) in [6, 6.07) is 10.3. The Balaban J connectivity index is 0.00000218. The van der Waals surface area contributed by atoms with E-state index in [1.165, 1.54) is 18.4 Å². The van der Waals surface area contributed by atoms with Crippen LogP contribution in [0.3, 0.4) is 0 Å². The Labute approximate surface area is 204 Å². The van der Waals surface area contributed by atoms with Gasteiger partial charge < -0.3 is 22.9 Å². The Kier molecular flexibility index (Phi) is 13.8. The number of aromatic nitrogens is 2. The normalized spacial score (nSPS) is 9.30. The van der Waals surface area contributed by atoms with Crippen molar-refractivity contribution in [3.63, 3.8) is 0 Å². The van der Waals surface area contributed by atoms with Gasteiger partial charge in [0.1, 0.15) is 5.82 Å². The predicted octanol–water partition coefficient (Wildman–Crippen LogP) is 0.727. The summed E-state index contributed by atoms with van der Waals surface area (Å²) in [5, 5.41) is 18.4. The zero-order chi connectivity index (χ0) is 19.4.